The number of benzene rings is 1. The number of carbonyl (C=O) groups excluding carboxylic acids is 1. The van der Waals surface area contributed by atoms with Gasteiger partial charge in [-0.1, -0.05) is 11.6 Å². The van der Waals surface area contributed by atoms with Crippen LogP contribution in [0.4, 0.5) is 0 Å². The molecular formula is C14H11ClOS. The lowest BCUT2D eigenvalue weighted by molar-refractivity contribution is 0.104. The van der Waals surface area contributed by atoms with Crippen LogP contribution in [0.3, 0.4) is 0 Å². The fourth-order valence-corrected chi connectivity index (χ4v) is 3.53. The molecule has 0 spiro atoms. The number of fused-ring (bicyclic) bond motifs is 1. The van der Waals surface area contributed by atoms with Crippen molar-refractivity contribution in [3.63, 3.8) is 0 Å². The van der Waals surface area contributed by atoms with Crippen molar-refractivity contribution in [2.45, 2.75) is 19.3 Å². The topological polar surface area (TPSA) is 17.1 Å². The maximum absolute atomic E-state index is 12.2. The van der Waals surface area contributed by atoms with Crippen LogP contribution in [0.2, 0.25) is 5.02 Å². The Kier molecular flexibility index (Phi) is 2.77. The normalized spacial score (nSPS) is 13.7. The highest BCUT2D eigenvalue weighted by Gasteiger charge is 2.19. The molecule has 0 aliphatic heterocycles. The highest BCUT2D eigenvalue weighted by molar-refractivity contribution is 7.14. The molecule has 0 amide bonds. The molecule has 0 N–H and O–H groups in total. The van der Waals surface area contributed by atoms with Gasteiger partial charge >= 0.3 is 0 Å². The van der Waals surface area contributed by atoms with E-state index in [2.05, 4.69) is 6.07 Å². The molecule has 1 heterocycles. The van der Waals surface area contributed by atoms with Crippen molar-refractivity contribution in [1.82, 2.24) is 0 Å². The summed E-state index contributed by atoms with van der Waals surface area (Å²) in [6.45, 7) is 0. The van der Waals surface area contributed by atoms with Crippen LogP contribution in [-0.4, -0.2) is 5.78 Å². The first kappa shape index (κ1) is 11.0. The fourth-order valence-electron chi connectivity index (χ4n) is 2.18. The predicted octanol–water partition coefficient (Wildman–Crippen LogP) is 4.12. The van der Waals surface area contributed by atoms with Crippen LogP contribution in [-0.2, 0) is 12.8 Å². The van der Waals surface area contributed by atoms with Gasteiger partial charge in [0.1, 0.15) is 0 Å². The third-order valence-electron chi connectivity index (χ3n) is 3.08. The Labute approximate surface area is 109 Å². The van der Waals surface area contributed by atoms with Gasteiger partial charge in [-0.15, -0.1) is 11.3 Å². The Balaban J connectivity index is 1.93. The molecule has 0 bridgehead atoms. The maximum Gasteiger partial charge on any atom is 0.202 e. The second-order valence-corrected chi connectivity index (χ2v) is 5.82. The predicted molar refractivity (Wildman–Crippen MR) is 71.2 cm³/mol. The number of ketones is 1. The number of halogens is 1. The zero-order valence-electron chi connectivity index (χ0n) is 9.20. The Morgan fingerprint density at radius 3 is 2.65 bits per heavy atom. The van der Waals surface area contributed by atoms with Crippen molar-refractivity contribution >= 4 is 28.7 Å². The highest BCUT2D eigenvalue weighted by atomic mass is 35.5. The second-order valence-electron chi connectivity index (χ2n) is 4.25. The molecule has 17 heavy (non-hydrogen) atoms. The highest BCUT2D eigenvalue weighted by Crippen LogP contribution is 2.31. The molecule has 3 heteroatoms. The first-order valence-corrected chi connectivity index (χ1v) is 6.85. The van der Waals surface area contributed by atoms with E-state index in [1.54, 1.807) is 35.6 Å². The smallest absolute Gasteiger partial charge is 0.202 e. The zero-order valence-corrected chi connectivity index (χ0v) is 10.8. The van der Waals surface area contributed by atoms with Crippen LogP contribution in [0.25, 0.3) is 0 Å². The minimum absolute atomic E-state index is 0.112. The summed E-state index contributed by atoms with van der Waals surface area (Å²) in [5.41, 5.74) is 2.08. The molecule has 0 saturated heterocycles. The fraction of sp³-hybridized carbons (Fsp3) is 0.214. The van der Waals surface area contributed by atoms with Gasteiger partial charge < -0.3 is 0 Å². The number of hydrogen-bond acceptors (Lipinski definition) is 2. The van der Waals surface area contributed by atoms with Crippen molar-refractivity contribution in [2.75, 3.05) is 0 Å². The molecule has 1 aliphatic rings. The molecular weight excluding hydrogens is 252 g/mol. The Morgan fingerprint density at radius 2 is 1.94 bits per heavy atom. The number of rotatable bonds is 2. The maximum atomic E-state index is 12.2. The van der Waals surface area contributed by atoms with E-state index in [0.29, 0.717) is 10.6 Å². The van der Waals surface area contributed by atoms with E-state index in [1.165, 1.54) is 16.9 Å². The monoisotopic (exact) mass is 262 g/mol. The summed E-state index contributed by atoms with van der Waals surface area (Å²) in [7, 11) is 0. The van der Waals surface area contributed by atoms with E-state index >= 15 is 0 Å². The van der Waals surface area contributed by atoms with Gasteiger partial charge in [0.15, 0.2) is 0 Å². The molecule has 1 aromatic heterocycles. The lowest BCUT2D eigenvalue weighted by atomic mass is 10.1. The summed E-state index contributed by atoms with van der Waals surface area (Å²) in [5, 5.41) is 0.662. The molecule has 3 rings (SSSR count). The average Bonchev–Trinajstić information content (AvgIpc) is 2.89. The van der Waals surface area contributed by atoms with Crippen molar-refractivity contribution in [1.29, 1.82) is 0 Å². The Bertz CT molecular complexity index is 547. The van der Waals surface area contributed by atoms with Crippen molar-refractivity contribution < 1.29 is 4.79 Å². The summed E-state index contributed by atoms with van der Waals surface area (Å²) < 4.78 is 0. The van der Waals surface area contributed by atoms with Crippen molar-refractivity contribution in [3.05, 3.63) is 56.2 Å². The molecule has 0 atom stereocenters. The van der Waals surface area contributed by atoms with Crippen LogP contribution in [0.1, 0.15) is 32.1 Å². The SMILES string of the molecule is O=C(c1ccc(Cl)cc1)c1cc2c(s1)CCC2. The van der Waals surface area contributed by atoms with E-state index in [4.69, 9.17) is 11.6 Å². The number of carbonyl (C=O) groups is 1. The van der Waals surface area contributed by atoms with E-state index < -0.39 is 0 Å². The molecule has 0 fully saturated rings. The average molecular weight is 263 g/mol. The van der Waals surface area contributed by atoms with Gasteiger partial charge in [0.2, 0.25) is 5.78 Å². The zero-order chi connectivity index (χ0) is 11.8. The molecule has 1 nitrogen and oxygen atoms in total. The molecule has 1 aromatic carbocycles. The third kappa shape index (κ3) is 2.03. The van der Waals surface area contributed by atoms with Gasteiger partial charge in [-0.25, -0.2) is 0 Å². The van der Waals surface area contributed by atoms with Crippen LogP contribution in [0.5, 0.6) is 0 Å². The van der Waals surface area contributed by atoms with Crippen molar-refractivity contribution in [2.24, 2.45) is 0 Å². The van der Waals surface area contributed by atoms with Gasteiger partial charge in [-0.2, -0.15) is 0 Å². The van der Waals surface area contributed by atoms with Crippen LogP contribution in [0, 0.1) is 0 Å². The van der Waals surface area contributed by atoms with Gasteiger partial charge in [0, 0.05) is 15.5 Å². The van der Waals surface area contributed by atoms with Gasteiger partial charge in [-0.05, 0) is 55.2 Å². The van der Waals surface area contributed by atoms with Gasteiger partial charge in [-0.3, -0.25) is 4.79 Å². The lowest BCUT2D eigenvalue weighted by Crippen LogP contribution is -1.97. The second kappa shape index (κ2) is 4.28. The third-order valence-corrected chi connectivity index (χ3v) is 4.56. The van der Waals surface area contributed by atoms with E-state index in [-0.39, 0.29) is 5.78 Å². The first-order chi connectivity index (χ1) is 8.24. The number of hydrogen-bond donors (Lipinski definition) is 0. The number of aryl methyl sites for hydroxylation is 2. The van der Waals surface area contributed by atoms with Crippen molar-refractivity contribution in [3.8, 4) is 0 Å². The summed E-state index contributed by atoms with van der Waals surface area (Å²) in [5.74, 6) is 0.112. The minimum atomic E-state index is 0.112. The van der Waals surface area contributed by atoms with E-state index in [0.717, 1.165) is 17.7 Å². The van der Waals surface area contributed by atoms with Crippen LogP contribution < -0.4 is 0 Å². The van der Waals surface area contributed by atoms with Crippen LogP contribution in [0.15, 0.2) is 30.3 Å². The molecule has 0 saturated carbocycles. The molecule has 2 aromatic rings. The standard InChI is InChI=1S/C14H11ClOS/c15-11-6-4-9(5-7-11)14(16)13-8-10-2-1-3-12(10)17-13/h4-8H,1-3H2. The summed E-state index contributed by atoms with van der Waals surface area (Å²) >= 11 is 7.46. The minimum Gasteiger partial charge on any atom is -0.288 e. The van der Waals surface area contributed by atoms with Crippen LogP contribution >= 0.6 is 22.9 Å². The Morgan fingerprint density at radius 1 is 1.18 bits per heavy atom. The molecule has 0 radical (unpaired) electrons. The summed E-state index contributed by atoms with van der Waals surface area (Å²) in [4.78, 5) is 14.5. The van der Waals surface area contributed by atoms with E-state index in [1.807, 2.05) is 0 Å². The summed E-state index contributed by atoms with van der Waals surface area (Å²) in [6, 6.07) is 9.15. The number of thiophene rings is 1. The lowest BCUT2D eigenvalue weighted by Gasteiger charge is -1.98. The molecule has 1 aliphatic carbocycles. The quantitative estimate of drug-likeness (QED) is 0.744. The van der Waals surface area contributed by atoms with Gasteiger partial charge in [0.25, 0.3) is 0 Å². The summed E-state index contributed by atoms with van der Waals surface area (Å²) in [6.07, 6.45) is 3.49. The molecule has 86 valence electrons. The first-order valence-electron chi connectivity index (χ1n) is 5.66. The largest absolute Gasteiger partial charge is 0.288 e. The molecule has 0 unspecified atom stereocenters. The van der Waals surface area contributed by atoms with E-state index in [9.17, 15) is 4.79 Å². The van der Waals surface area contributed by atoms with Gasteiger partial charge in [0.05, 0.1) is 4.88 Å². The Hall–Kier alpha value is -1.12.